The van der Waals surface area contributed by atoms with Crippen LogP contribution in [-0.4, -0.2) is 25.3 Å². The maximum absolute atomic E-state index is 4.16. The van der Waals surface area contributed by atoms with Gasteiger partial charge in [0.15, 0.2) is 0 Å². The molecule has 0 atom stereocenters. The van der Waals surface area contributed by atoms with Gasteiger partial charge in [-0.25, -0.2) is 0 Å². The van der Waals surface area contributed by atoms with Crippen LogP contribution in [0.15, 0.2) is 24.4 Å². The molecule has 0 aliphatic heterocycles. The number of pyridine rings is 1. The normalized spacial score (nSPS) is 7.22. The lowest BCUT2D eigenvalue weighted by molar-refractivity contribution is 1.39. The zero-order chi connectivity index (χ0) is 5.82. The summed E-state index contributed by atoms with van der Waals surface area (Å²) in [6.07, 6.45) is 1.85. The third-order valence-corrected chi connectivity index (χ3v) is 2.23. The molecule has 0 fully saturated rings. The molecule has 0 N–H and O–H groups in total. The van der Waals surface area contributed by atoms with Crippen molar-refractivity contribution in [3.8, 4) is 0 Å². The van der Waals surface area contributed by atoms with Crippen LogP contribution in [-0.2, 0) is 0 Å². The Hall–Kier alpha value is 0.396. The van der Waals surface area contributed by atoms with Crippen molar-refractivity contribution in [2.45, 2.75) is 5.05 Å². The van der Waals surface area contributed by atoms with Gasteiger partial charge in [0.1, 0.15) is 0 Å². The highest BCUT2D eigenvalue weighted by Gasteiger charge is 1.87. The van der Waals surface area contributed by atoms with Gasteiger partial charge in [0.05, 0.1) is 0 Å². The van der Waals surface area contributed by atoms with Gasteiger partial charge in [0.2, 0.25) is 0 Å². The lowest BCUT2D eigenvalue weighted by atomic mass is 10.5. The molecular formula is C6H8BrMgN. The predicted molar refractivity (Wildman–Crippen MR) is 45.8 cm³/mol. The predicted octanol–water partition coefficient (Wildman–Crippen LogP) is 1.04. The molecule has 0 bridgehead atoms. The maximum Gasteiger partial charge on any atom is 0.435 e. The van der Waals surface area contributed by atoms with Gasteiger partial charge in [0.25, 0.3) is 0 Å². The van der Waals surface area contributed by atoms with Crippen molar-refractivity contribution >= 4 is 41.2 Å². The van der Waals surface area contributed by atoms with Gasteiger partial charge in [-0.3, -0.25) is 4.98 Å². The van der Waals surface area contributed by atoms with Gasteiger partial charge in [-0.1, -0.05) is 16.0 Å². The molecule has 0 amide bonds. The van der Waals surface area contributed by atoms with E-state index in [2.05, 4.69) is 16.1 Å². The Morgan fingerprint density at radius 3 is 2.56 bits per heavy atom. The van der Waals surface area contributed by atoms with E-state index < -0.39 is 0 Å². The second kappa shape index (κ2) is 5.20. The fourth-order valence-corrected chi connectivity index (χ4v) is 1.27. The first-order valence-corrected chi connectivity index (χ1v) is 4.95. The van der Waals surface area contributed by atoms with Crippen LogP contribution < -0.4 is 3.82 Å². The lowest BCUT2D eigenvalue weighted by Crippen LogP contribution is -2.13. The van der Waals surface area contributed by atoms with Crippen molar-refractivity contribution in [2.24, 2.45) is 0 Å². The third kappa shape index (κ3) is 3.18. The van der Waals surface area contributed by atoms with Crippen molar-refractivity contribution < 1.29 is 0 Å². The van der Waals surface area contributed by atoms with Gasteiger partial charge in [-0.15, -0.1) is 22.0 Å². The van der Waals surface area contributed by atoms with Gasteiger partial charge in [0, 0.05) is 6.20 Å². The average Bonchev–Trinajstić information content (AvgIpc) is 1.90. The van der Waals surface area contributed by atoms with Crippen LogP contribution >= 0.6 is 17.0 Å². The molecule has 46 valence electrons. The van der Waals surface area contributed by atoms with Crippen molar-refractivity contribution in [1.82, 2.24) is 4.98 Å². The van der Waals surface area contributed by atoms with Crippen LogP contribution in [0.5, 0.6) is 0 Å². The monoisotopic (exact) mass is 197 g/mol. The highest BCUT2D eigenvalue weighted by atomic mass is 79.9. The van der Waals surface area contributed by atoms with Crippen molar-refractivity contribution in [1.29, 1.82) is 0 Å². The number of rotatable bonds is 1. The summed E-state index contributed by atoms with van der Waals surface area (Å²) >= 11 is -0.0198. The minimum absolute atomic E-state index is 0. The number of aromatic nitrogens is 1. The Balaban J connectivity index is 0.000000640. The largest absolute Gasteiger partial charge is 0.435 e. The first-order chi connectivity index (χ1) is 3.93. The third-order valence-electron chi connectivity index (χ3n) is 1.09. The summed E-state index contributed by atoms with van der Waals surface area (Å²) in [7, 11) is 0. The van der Waals surface area contributed by atoms with Crippen molar-refractivity contribution in [3.63, 3.8) is 0 Å². The van der Waals surface area contributed by atoms with Crippen LogP contribution in [0.3, 0.4) is 0 Å². The minimum atomic E-state index is -0.0198. The summed E-state index contributed by atoms with van der Waals surface area (Å²) in [6.45, 7) is 0. The van der Waals surface area contributed by atoms with E-state index in [0.29, 0.717) is 0 Å². The highest BCUT2D eigenvalue weighted by molar-refractivity contribution is 8.93. The van der Waals surface area contributed by atoms with Gasteiger partial charge in [-0.2, -0.15) is 0 Å². The first kappa shape index (κ1) is 9.40. The molecule has 1 aromatic rings. The first-order valence-electron chi connectivity index (χ1n) is 2.83. The fourth-order valence-electron chi connectivity index (χ4n) is 0.607. The molecule has 0 aromatic carbocycles. The molecule has 1 heterocycles. The average molecular weight is 198 g/mol. The lowest BCUT2D eigenvalue weighted by Gasteiger charge is -1.88. The molecule has 3 heteroatoms. The summed E-state index contributed by atoms with van der Waals surface area (Å²) in [5.41, 5.74) is 0. The highest BCUT2D eigenvalue weighted by Crippen LogP contribution is 1.73. The van der Waals surface area contributed by atoms with E-state index in [9.17, 15) is 0 Å². The van der Waals surface area contributed by atoms with Crippen LogP contribution in [0.1, 0.15) is 0 Å². The number of nitrogens with zero attached hydrogens (tertiary/aromatic N) is 1. The molecule has 0 spiro atoms. The molecule has 0 aliphatic carbocycles. The molecule has 9 heavy (non-hydrogen) atoms. The SMILES string of the molecule is Br.[CH3][Mg][c]1ccccn1. The molecule has 0 radical (unpaired) electrons. The zero-order valence-corrected chi connectivity index (χ0v) is 8.50. The van der Waals surface area contributed by atoms with Crippen LogP contribution in [0.4, 0.5) is 0 Å². The topological polar surface area (TPSA) is 12.9 Å². The van der Waals surface area contributed by atoms with Gasteiger partial charge >= 0.3 is 20.4 Å². The van der Waals surface area contributed by atoms with Crippen molar-refractivity contribution in [2.75, 3.05) is 0 Å². The smallest absolute Gasteiger partial charge is 0.294 e. The molecule has 1 rings (SSSR count). The second-order valence-electron chi connectivity index (χ2n) is 1.67. The molecule has 0 aliphatic rings. The molecular weight excluding hydrogens is 190 g/mol. The number of halogens is 1. The molecule has 0 saturated heterocycles. The minimum Gasteiger partial charge on any atom is -0.294 e. The van der Waals surface area contributed by atoms with Gasteiger partial charge in [-0.05, 0) is 6.07 Å². The van der Waals surface area contributed by atoms with Crippen LogP contribution in [0.25, 0.3) is 0 Å². The Kier molecular flexibility index (Phi) is 5.43. The summed E-state index contributed by atoms with van der Waals surface area (Å²) in [4.78, 5) is 4.16. The summed E-state index contributed by atoms with van der Waals surface area (Å²) in [5, 5.41) is 2.24. The Morgan fingerprint density at radius 2 is 2.22 bits per heavy atom. The van der Waals surface area contributed by atoms with E-state index in [1.54, 1.807) is 0 Å². The second-order valence-corrected chi connectivity index (χ2v) is 3.11. The summed E-state index contributed by atoms with van der Waals surface area (Å²) in [6, 6.07) is 6.08. The van der Waals surface area contributed by atoms with E-state index in [1.807, 2.05) is 18.3 Å². The Labute approximate surface area is 75.4 Å². The number of hydrogen-bond donors (Lipinski definition) is 0. The zero-order valence-electron chi connectivity index (χ0n) is 5.37. The maximum atomic E-state index is 4.16. The Bertz CT molecular complexity index is 154. The summed E-state index contributed by atoms with van der Waals surface area (Å²) in [5.74, 6) is 0. The van der Waals surface area contributed by atoms with E-state index in [1.165, 1.54) is 3.82 Å². The molecule has 1 aromatic heterocycles. The quantitative estimate of drug-likeness (QED) is 0.614. The number of hydrogen-bond acceptors (Lipinski definition) is 1. The molecule has 0 saturated carbocycles. The molecule has 1 nitrogen and oxygen atoms in total. The van der Waals surface area contributed by atoms with E-state index >= 15 is 0 Å². The van der Waals surface area contributed by atoms with E-state index in [0.717, 1.165) is 0 Å². The summed E-state index contributed by atoms with van der Waals surface area (Å²) < 4.78 is 1.30. The van der Waals surface area contributed by atoms with Gasteiger partial charge < -0.3 is 0 Å². The van der Waals surface area contributed by atoms with Crippen LogP contribution in [0, 0.1) is 0 Å². The van der Waals surface area contributed by atoms with E-state index in [-0.39, 0.29) is 37.3 Å². The van der Waals surface area contributed by atoms with Crippen molar-refractivity contribution in [3.05, 3.63) is 24.4 Å². The van der Waals surface area contributed by atoms with Crippen LogP contribution in [0.2, 0.25) is 5.05 Å². The fraction of sp³-hybridized carbons (Fsp3) is 0.167. The molecule has 0 unspecified atom stereocenters. The Morgan fingerprint density at radius 1 is 1.44 bits per heavy atom. The van der Waals surface area contributed by atoms with E-state index in [4.69, 9.17) is 0 Å². The standard InChI is InChI=1S/C5H4N.CH3.BrH.Mg/c1-2-4-6-5-3-1;;;/h1-4H;1H3;1H;.